The Balaban J connectivity index is 2.41. The van der Waals surface area contributed by atoms with Gasteiger partial charge >= 0.3 is 0 Å². The van der Waals surface area contributed by atoms with E-state index in [-0.39, 0.29) is 0 Å². The Hall–Kier alpha value is -0.0800. The van der Waals surface area contributed by atoms with E-state index in [4.69, 9.17) is 0 Å². The number of likely N-dealkylation sites (tertiary alicyclic amines) is 1. The van der Waals surface area contributed by atoms with Crippen molar-refractivity contribution in [2.24, 2.45) is 0 Å². The molecule has 0 amide bonds. The van der Waals surface area contributed by atoms with Crippen LogP contribution in [0.15, 0.2) is 0 Å². The van der Waals surface area contributed by atoms with Crippen LogP contribution in [-0.2, 0) is 0 Å². The van der Waals surface area contributed by atoms with Crippen LogP contribution < -0.4 is 5.32 Å². The highest BCUT2D eigenvalue weighted by Crippen LogP contribution is 2.15. The molecule has 0 aromatic carbocycles. The van der Waals surface area contributed by atoms with E-state index >= 15 is 0 Å². The van der Waals surface area contributed by atoms with Crippen molar-refractivity contribution in [2.45, 2.75) is 77.8 Å². The minimum atomic E-state index is 0.615. The van der Waals surface area contributed by atoms with E-state index in [1.165, 1.54) is 64.6 Å². The molecule has 1 aliphatic heterocycles. The molecular weight excluding hydrogens is 208 g/mol. The maximum absolute atomic E-state index is 3.62. The van der Waals surface area contributed by atoms with E-state index in [9.17, 15) is 0 Å². The van der Waals surface area contributed by atoms with Gasteiger partial charge in [0.05, 0.1) is 0 Å². The molecule has 1 N–H and O–H groups in total. The van der Waals surface area contributed by atoms with Gasteiger partial charge in [0.15, 0.2) is 0 Å². The smallest absolute Gasteiger partial charge is 0.0220 e. The first kappa shape index (κ1) is 15.0. The van der Waals surface area contributed by atoms with Crippen LogP contribution >= 0.6 is 0 Å². The summed E-state index contributed by atoms with van der Waals surface area (Å²) >= 11 is 0. The highest BCUT2D eigenvalue weighted by molar-refractivity contribution is 4.76. The van der Waals surface area contributed by atoms with E-state index in [2.05, 4.69) is 31.0 Å². The number of nitrogens with one attached hydrogen (secondary N) is 1. The zero-order chi connectivity index (χ0) is 12.5. The highest BCUT2D eigenvalue weighted by Gasteiger charge is 2.18. The lowest BCUT2D eigenvalue weighted by Crippen LogP contribution is -2.45. The van der Waals surface area contributed by atoms with E-state index in [0.29, 0.717) is 6.04 Å². The summed E-state index contributed by atoms with van der Waals surface area (Å²) in [5.74, 6) is 0. The van der Waals surface area contributed by atoms with Crippen LogP contribution in [0, 0.1) is 0 Å². The fourth-order valence-electron chi connectivity index (χ4n) is 2.76. The fraction of sp³-hybridized carbons (Fsp3) is 1.00. The topological polar surface area (TPSA) is 15.3 Å². The van der Waals surface area contributed by atoms with Gasteiger partial charge < -0.3 is 5.32 Å². The van der Waals surface area contributed by atoms with Crippen molar-refractivity contribution in [3.05, 3.63) is 0 Å². The third kappa shape index (κ3) is 6.42. The number of rotatable bonds is 6. The van der Waals surface area contributed by atoms with Crippen LogP contribution in [0.25, 0.3) is 0 Å². The van der Waals surface area contributed by atoms with Crippen molar-refractivity contribution in [3.63, 3.8) is 0 Å². The summed E-state index contributed by atoms with van der Waals surface area (Å²) in [7, 11) is 0. The van der Waals surface area contributed by atoms with Crippen molar-refractivity contribution in [3.8, 4) is 0 Å². The van der Waals surface area contributed by atoms with Crippen LogP contribution in [0.5, 0.6) is 0 Å². The summed E-state index contributed by atoms with van der Waals surface area (Å²) in [5, 5.41) is 3.62. The van der Waals surface area contributed by atoms with Crippen LogP contribution in [0.1, 0.15) is 65.7 Å². The minimum absolute atomic E-state index is 0.615. The molecular formula is C15H32N2. The van der Waals surface area contributed by atoms with Gasteiger partial charge in [0.1, 0.15) is 0 Å². The van der Waals surface area contributed by atoms with E-state index in [1.807, 2.05) is 0 Å². The molecule has 1 heterocycles. The summed E-state index contributed by atoms with van der Waals surface area (Å²) in [6, 6.07) is 1.38. The molecule has 102 valence electrons. The van der Waals surface area contributed by atoms with Gasteiger partial charge in [-0.3, -0.25) is 4.90 Å². The Morgan fingerprint density at radius 3 is 2.12 bits per heavy atom. The fourth-order valence-corrected chi connectivity index (χ4v) is 2.76. The third-order valence-corrected chi connectivity index (χ3v) is 3.79. The van der Waals surface area contributed by atoms with Gasteiger partial charge in [-0.25, -0.2) is 0 Å². The molecule has 2 nitrogen and oxygen atoms in total. The number of hydrogen-bond donors (Lipinski definition) is 1. The summed E-state index contributed by atoms with van der Waals surface area (Å²) in [4.78, 5) is 2.75. The van der Waals surface area contributed by atoms with Crippen molar-refractivity contribution in [2.75, 3.05) is 19.6 Å². The van der Waals surface area contributed by atoms with Crippen LogP contribution in [0.4, 0.5) is 0 Å². The molecule has 0 aromatic rings. The first-order valence-electron chi connectivity index (χ1n) is 7.71. The standard InChI is InChI=1S/C15H32N2/c1-4-10-15(13-16-14(2)3)17-11-8-6-5-7-9-12-17/h14-16H,4-13H2,1-3H3. The van der Waals surface area contributed by atoms with E-state index in [1.54, 1.807) is 0 Å². The molecule has 0 bridgehead atoms. The van der Waals surface area contributed by atoms with Gasteiger partial charge in [0.2, 0.25) is 0 Å². The second-order valence-corrected chi connectivity index (χ2v) is 5.81. The van der Waals surface area contributed by atoms with Crippen molar-refractivity contribution in [1.29, 1.82) is 0 Å². The molecule has 17 heavy (non-hydrogen) atoms. The highest BCUT2D eigenvalue weighted by atomic mass is 15.2. The first-order chi connectivity index (χ1) is 8.24. The molecule has 0 spiro atoms. The quantitative estimate of drug-likeness (QED) is 0.765. The maximum Gasteiger partial charge on any atom is 0.0220 e. The van der Waals surface area contributed by atoms with Gasteiger partial charge in [-0.15, -0.1) is 0 Å². The molecule has 0 radical (unpaired) electrons. The average Bonchev–Trinajstić information content (AvgIpc) is 2.24. The van der Waals surface area contributed by atoms with Gasteiger partial charge in [-0.1, -0.05) is 46.5 Å². The lowest BCUT2D eigenvalue weighted by molar-refractivity contribution is 0.164. The third-order valence-electron chi connectivity index (χ3n) is 3.79. The molecule has 1 unspecified atom stereocenters. The molecule has 0 saturated carbocycles. The molecule has 1 atom stereocenters. The largest absolute Gasteiger partial charge is 0.313 e. The molecule has 0 aromatic heterocycles. The normalized spacial score (nSPS) is 21.2. The number of hydrogen-bond acceptors (Lipinski definition) is 2. The van der Waals surface area contributed by atoms with E-state index in [0.717, 1.165) is 6.04 Å². The molecule has 1 aliphatic rings. The minimum Gasteiger partial charge on any atom is -0.313 e. The Labute approximate surface area is 108 Å². The van der Waals surface area contributed by atoms with Crippen LogP contribution in [0.2, 0.25) is 0 Å². The Kier molecular flexibility index (Phi) is 7.87. The van der Waals surface area contributed by atoms with Crippen molar-refractivity contribution in [1.82, 2.24) is 10.2 Å². The lowest BCUT2D eigenvalue weighted by atomic mass is 10.0. The Morgan fingerprint density at radius 1 is 1.00 bits per heavy atom. The monoisotopic (exact) mass is 240 g/mol. The molecule has 1 fully saturated rings. The average molecular weight is 240 g/mol. The zero-order valence-corrected chi connectivity index (χ0v) is 12.2. The zero-order valence-electron chi connectivity index (χ0n) is 12.2. The summed E-state index contributed by atoms with van der Waals surface area (Å²) < 4.78 is 0. The lowest BCUT2D eigenvalue weighted by Gasteiger charge is -2.33. The molecule has 0 aliphatic carbocycles. The molecule has 2 heteroatoms. The predicted octanol–water partition coefficient (Wildman–Crippen LogP) is 3.42. The summed E-state index contributed by atoms with van der Waals surface area (Å²) in [6.07, 6.45) is 9.79. The Bertz CT molecular complexity index is 172. The van der Waals surface area contributed by atoms with Gasteiger partial charge in [0.25, 0.3) is 0 Å². The molecule has 1 rings (SSSR count). The van der Waals surface area contributed by atoms with Crippen molar-refractivity contribution >= 4 is 0 Å². The second-order valence-electron chi connectivity index (χ2n) is 5.81. The second kappa shape index (κ2) is 8.93. The van der Waals surface area contributed by atoms with Crippen LogP contribution in [-0.4, -0.2) is 36.6 Å². The van der Waals surface area contributed by atoms with Crippen molar-refractivity contribution < 1.29 is 0 Å². The van der Waals surface area contributed by atoms with Crippen LogP contribution in [0.3, 0.4) is 0 Å². The predicted molar refractivity (Wildman–Crippen MR) is 76.5 cm³/mol. The molecule has 1 saturated heterocycles. The SMILES string of the molecule is CCCC(CNC(C)C)N1CCCCCCC1. The van der Waals surface area contributed by atoms with Gasteiger partial charge in [-0.2, -0.15) is 0 Å². The Morgan fingerprint density at radius 2 is 1.59 bits per heavy atom. The summed E-state index contributed by atoms with van der Waals surface area (Å²) in [6.45, 7) is 10.6. The van der Waals surface area contributed by atoms with E-state index < -0.39 is 0 Å². The first-order valence-corrected chi connectivity index (χ1v) is 7.71. The van der Waals surface area contributed by atoms with Gasteiger partial charge in [0, 0.05) is 18.6 Å². The number of nitrogens with zero attached hydrogens (tertiary/aromatic N) is 1. The summed E-state index contributed by atoms with van der Waals surface area (Å²) in [5.41, 5.74) is 0. The van der Waals surface area contributed by atoms with Gasteiger partial charge in [-0.05, 0) is 32.4 Å². The maximum atomic E-state index is 3.62.